The highest BCUT2D eigenvalue weighted by Crippen LogP contribution is 2.17. The molecular weight excluding hydrogens is 260 g/mol. The van der Waals surface area contributed by atoms with Crippen molar-refractivity contribution in [3.63, 3.8) is 0 Å². The molecule has 1 aliphatic rings. The topological polar surface area (TPSA) is 46.3 Å². The Bertz CT molecular complexity index is 375. The quantitative estimate of drug-likeness (QED) is 0.927. The van der Waals surface area contributed by atoms with E-state index < -0.39 is 0 Å². The zero-order chi connectivity index (χ0) is 12.8. The van der Waals surface area contributed by atoms with Gasteiger partial charge >= 0.3 is 0 Å². The van der Waals surface area contributed by atoms with Crippen molar-refractivity contribution in [2.75, 3.05) is 13.1 Å². The molecular formula is C15H23ClN2O. The lowest BCUT2D eigenvalue weighted by Gasteiger charge is -2.22. The van der Waals surface area contributed by atoms with Crippen LogP contribution in [0.15, 0.2) is 30.3 Å². The molecule has 1 atom stereocenters. The number of likely N-dealkylation sites (tertiary alicyclic amines) is 1. The van der Waals surface area contributed by atoms with Gasteiger partial charge in [-0.15, -0.1) is 12.4 Å². The monoisotopic (exact) mass is 282 g/mol. The summed E-state index contributed by atoms with van der Waals surface area (Å²) < 4.78 is 0. The average Bonchev–Trinajstić information content (AvgIpc) is 2.68. The summed E-state index contributed by atoms with van der Waals surface area (Å²) in [5.41, 5.74) is 7.14. The van der Waals surface area contributed by atoms with E-state index in [1.54, 1.807) is 0 Å². The van der Waals surface area contributed by atoms with Crippen molar-refractivity contribution in [3.8, 4) is 0 Å². The van der Waals surface area contributed by atoms with E-state index in [9.17, 15) is 4.79 Å². The van der Waals surface area contributed by atoms with Crippen LogP contribution in [0.5, 0.6) is 0 Å². The van der Waals surface area contributed by atoms with Gasteiger partial charge in [0.15, 0.2) is 0 Å². The maximum Gasteiger partial charge on any atom is 0.224 e. The Hall–Kier alpha value is -1.06. The average molecular weight is 283 g/mol. The molecule has 1 aromatic carbocycles. The van der Waals surface area contributed by atoms with Crippen molar-refractivity contribution in [1.82, 2.24) is 4.90 Å². The third-order valence-corrected chi connectivity index (χ3v) is 3.58. The van der Waals surface area contributed by atoms with Gasteiger partial charge in [-0.3, -0.25) is 4.79 Å². The van der Waals surface area contributed by atoms with Gasteiger partial charge in [0.2, 0.25) is 5.91 Å². The standard InChI is InChI=1S/C15H22N2O.ClH/c16-14(13-8-4-3-5-9-13)12-15(18)17-10-6-1-2-7-11-17;/h3-5,8-9,14H,1-2,6-7,10-12,16H2;1H. The Morgan fingerprint density at radius 1 is 1.11 bits per heavy atom. The lowest BCUT2D eigenvalue weighted by molar-refractivity contribution is -0.131. The molecule has 2 rings (SSSR count). The fourth-order valence-corrected chi connectivity index (χ4v) is 2.46. The van der Waals surface area contributed by atoms with Crippen LogP contribution in [0.3, 0.4) is 0 Å². The van der Waals surface area contributed by atoms with Crippen LogP contribution >= 0.6 is 12.4 Å². The first-order valence-corrected chi connectivity index (χ1v) is 6.85. The van der Waals surface area contributed by atoms with E-state index in [0.717, 1.165) is 31.5 Å². The van der Waals surface area contributed by atoms with Gasteiger partial charge < -0.3 is 10.6 Å². The molecule has 1 fully saturated rings. The molecule has 1 aromatic rings. The number of nitrogens with two attached hydrogens (primary N) is 1. The molecule has 0 radical (unpaired) electrons. The minimum Gasteiger partial charge on any atom is -0.343 e. The zero-order valence-electron chi connectivity index (χ0n) is 11.3. The van der Waals surface area contributed by atoms with E-state index in [4.69, 9.17) is 5.73 Å². The molecule has 1 saturated heterocycles. The molecule has 0 aliphatic carbocycles. The molecule has 1 amide bonds. The maximum atomic E-state index is 12.2. The first kappa shape index (κ1) is 16.0. The first-order chi connectivity index (χ1) is 8.77. The number of hydrogen-bond acceptors (Lipinski definition) is 2. The summed E-state index contributed by atoms with van der Waals surface area (Å²) in [5, 5.41) is 0. The van der Waals surface area contributed by atoms with Crippen molar-refractivity contribution in [3.05, 3.63) is 35.9 Å². The van der Waals surface area contributed by atoms with Gasteiger partial charge in [0.05, 0.1) is 0 Å². The second-order valence-corrected chi connectivity index (χ2v) is 5.02. The van der Waals surface area contributed by atoms with E-state index in [1.807, 2.05) is 35.2 Å². The third kappa shape index (κ3) is 4.84. The fourth-order valence-electron chi connectivity index (χ4n) is 2.46. The van der Waals surface area contributed by atoms with Crippen molar-refractivity contribution in [2.45, 2.75) is 38.1 Å². The van der Waals surface area contributed by atoms with E-state index in [0.29, 0.717) is 6.42 Å². The van der Waals surface area contributed by atoms with Crippen molar-refractivity contribution in [2.24, 2.45) is 5.73 Å². The summed E-state index contributed by atoms with van der Waals surface area (Å²) in [6.07, 6.45) is 5.17. The third-order valence-electron chi connectivity index (χ3n) is 3.58. The summed E-state index contributed by atoms with van der Waals surface area (Å²) in [5.74, 6) is 0.202. The molecule has 2 N–H and O–H groups in total. The predicted molar refractivity (Wildman–Crippen MR) is 80.3 cm³/mol. The SMILES string of the molecule is Cl.NC(CC(=O)N1CCCCCC1)c1ccccc1. The van der Waals surface area contributed by atoms with Crippen LogP contribution < -0.4 is 5.73 Å². The van der Waals surface area contributed by atoms with E-state index in [1.165, 1.54) is 12.8 Å². The minimum atomic E-state index is -0.179. The van der Waals surface area contributed by atoms with Crippen LogP contribution in [-0.4, -0.2) is 23.9 Å². The van der Waals surface area contributed by atoms with Crippen LogP contribution in [0.4, 0.5) is 0 Å². The van der Waals surface area contributed by atoms with Gasteiger partial charge in [0, 0.05) is 25.6 Å². The molecule has 0 spiro atoms. The molecule has 0 bridgehead atoms. The minimum absolute atomic E-state index is 0. The van der Waals surface area contributed by atoms with Gasteiger partial charge in [0.25, 0.3) is 0 Å². The number of benzene rings is 1. The van der Waals surface area contributed by atoms with Crippen LogP contribution in [-0.2, 0) is 4.79 Å². The van der Waals surface area contributed by atoms with Crippen molar-refractivity contribution >= 4 is 18.3 Å². The molecule has 4 heteroatoms. The molecule has 3 nitrogen and oxygen atoms in total. The Kier molecular flexibility index (Phi) is 6.89. The number of hydrogen-bond donors (Lipinski definition) is 1. The van der Waals surface area contributed by atoms with Gasteiger partial charge in [-0.1, -0.05) is 43.2 Å². The number of nitrogens with zero attached hydrogens (tertiary/aromatic N) is 1. The molecule has 1 aliphatic heterocycles. The van der Waals surface area contributed by atoms with Crippen LogP contribution in [0.2, 0.25) is 0 Å². The summed E-state index contributed by atoms with van der Waals surface area (Å²) in [4.78, 5) is 14.2. The lowest BCUT2D eigenvalue weighted by Crippen LogP contribution is -2.34. The second-order valence-electron chi connectivity index (χ2n) is 5.02. The summed E-state index contributed by atoms with van der Waals surface area (Å²) >= 11 is 0. The number of carbonyl (C=O) groups is 1. The molecule has 19 heavy (non-hydrogen) atoms. The summed E-state index contributed by atoms with van der Waals surface area (Å²) in [6.45, 7) is 1.81. The lowest BCUT2D eigenvalue weighted by atomic mass is 10.0. The maximum absolute atomic E-state index is 12.2. The summed E-state index contributed by atoms with van der Waals surface area (Å²) in [6, 6.07) is 9.69. The first-order valence-electron chi connectivity index (χ1n) is 6.85. The van der Waals surface area contributed by atoms with Gasteiger partial charge in [-0.2, -0.15) is 0 Å². The van der Waals surface area contributed by atoms with Crippen molar-refractivity contribution < 1.29 is 4.79 Å². The number of halogens is 1. The Morgan fingerprint density at radius 2 is 1.68 bits per heavy atom. The highest BCUT2D eigenvalue weighted by molar-refractivity contribution is 5.85. The Balaban J connectivity index is 0.00000180. The number of amides is 1. The number of rotatable bonds is 3. The molecule has 1 heterocycles. The zero-order valence-corrected chi connectivity index (χ0v) is 12.1. The molecule has 1 unspecified atom stereocenters. The highest BCUT2D eigenvalue weighted by Gasteiger charge is 2.18. The normalized spacial score (nSPS) is 17.2. The highest BCUT2D eigenvalue weighted by atomic mass is 35.5. The van der Waals surface area contributed by atoms with Crippen LogP contribution in [0.25, 0.3) is 0 Å². The van der Waals surface area contributed by atoms with Crippen LogP contribution in [0.1, 0.15) is 43.7 Å². The van der Waals surface area contributed by atoms with Crippen molar-refractivity contribution in [1.29, 1.82) is 0 Å². The largest absolute Gasteiger partial charge is 0.343 e. The molecule has 0 aromatic heterocycles. The van der Waals surface area contributed by atoms with E-state index in [2.05, 4.69) is 0 Å². The second kappa shape index (κ2) is 8.18. The smallest absolute Gasteiger partial charge is 0.224 e. The molecule has 0 saturated carbocycles. The Labute approximate surface area is 121 Å². The fraction of sp³-hybridized carbons (Fsp3) is 0.533. The van der Waals surface area contributed by atoms with Crippen LogP contribution in [0, 0.1) is 0 Å². The summed E-state index contributed by atoms with van der Waals surface area (Å²) in [7, 11) is 0. The van der Waals surface area contributed by atoms with Gasteiger partial charge in [-0.25, -0.2) is 0 Å². The van der Waals surface area contributed by atoms with E-state index in [-0.39, 0.29) is 24.4 Å². The number of carbonyl (C=O) groups excluding carboxylic acids is 1. The predicted octanol–water partition coefficient (Wildman–Crippen LogP) is 2.90. The van der Waals surface area contributed by atoms with E-state index >= 15 is 0 Å². The van der Waals surface area contributed by atoms with Gasteiger partial charge in [-0.05, 0) is 18.4 Å². The molecule has 106 valence electrons. The van der Waals surface area contributed by atoms with Gasteiger partial charge in [0.1, 0.15) is 0 Å². The Morgan fingerprint density at radius 3 is 2.26 bits per heavy atom.